The molecule has 1 heterocycles. The second-order valence-electron chi connectivity index (χ2n) is 15.6. The van der Waals surface area contributed by atoms with E-state index in [1.165, 1.54) is 140 Å². The number of hydrogen-bond donors (Lipinski definition) is 0. The van der Waals surface area contributed by atoms with Gasteiger partial charge >= 0.3 is 0 Å². The largest absolute Gasteiger partial charge is 0.135 e. The zero-order valence-electron chi connectivity index (χ0n) is 28.9. The summed E-state index contributed by atoms with van der Waals surface area (Å²) < 4.78 is 1.34. The van der Waals surface area contributed by atoms with Gasteiger partial charge in [-0.25, -0.2) is 0 Å². The Kier molecular flexibility index (Phi) is 4.80. The minimum Gasteiger partial charge on any atom is -0.135 e. The SMILES string of the molecule is Clc1cc2c3c4ccc5c6c(ccc(c7cccc(c73)c3c7ccc8c9c(ccc(c(c1Cl)c23)c97)-c1c-8ccc2ccccc12)c64)-c1c-5sc2ccccc12. The van der Waals surface area contributed by atoms with Crippen molar-refractivity contribution in [2.45, 2.75) is 0 Å². The van der Waals surface area contributed by atoms with Crippen LogP contribution in [0.5, 0.6) is 0 Å². The lowest BCUT2D eigenvalue weighted by Crippen LogP contribution is -1.94. The van der Waals surface area contributed by atoms with E-state index in [1.807, 2.05) is 11.3 Å². The smallest absolute Gasteiger partial charge is 0.0677 e. The molecule has 0 nitrogen and oxygen atoms in total. The molecule has 13 aromatic rings. The predicted molar refractivity (Wildman–Crippen MR) is 241 cm³/mol. The third-order valence-corrected chi connectivity index (χ3v) is 15.3. The molecule has 3 heteroatoms. The monoisotopic (exact) mass is 748 g/mol. The molecular weight excluding hydrogens is 728 g/mol. The maximum absolute atomic E-state index is 7.45. The summed E-state index contributed by atoms with van der Waals surface area (Å²) in [6.45, 7) is 0. The average molecular weight is 750 g/mol. The molecule has 0 fully saturated rings. The van der Waals surface area contributed by atoms with Crippen LogP contribution in [0.4, 0.5) is 0 Å². The molecule has 55 heavy (non-hydrogen) atoms. The highest BCUT2D eigenvalue weighted by Crippen LogP contribution is 2.60. The highest BCUT2D eigenvalue weighted by molar-refractivity contribution is 7.23. The van der Waals surface area contributed by atoms with Crippen LogP contribution in [0, 0.1) is 0 Å². The van der Waals surface area contributed by atoms with Crippen LogP contribution in [0.3, 0.4) is 0 Å². The van der Waals surface area contributed by atoms with E-state index in [9.17, 15) is 0 Å². The first kappa shape index (κ1) is 28.5. The first-order valence-corrected chi connectivity index (χ1v) is 20.4. The fourth-order valence-corrected chi connectivity index (χ4v) is 13.1. The van der Waals surface area contributed by atoms with Gasteiger partial charge in [-0.05, 0) is 126 Å². The Balaban J connectivity index is 1.18. The maximum Gasteiger partial charge on any atom is 0.0677 e. The Morgan fingerprint density at radius 2 is 0.873 bits per heavy atom. The molecule has 0 N–H and O–H groups in total. The lowest BCUT2D eigenvalue weighted by atomic mass is 9.81. The second-order valence-corrected chi connectivity index (χ2v) is 17.4. The van der Waals surface area contributed by atoms with E-state index in [0.717, 1.165) is 10.8 Å². The molecule has 0 bridgehead atoms. The van der Waals surface area contributed by atoms with Crippen LogP contribution in [0.1, 0.15) is 0 Å². The highest BCUT2D eigenvalue weighted by Gasteiger charge is 2.32. The standard InChI is InChI=1S/C52H22Cl2S/c53-38-22-37-47-32-20-21-36-46-34(48-29-8-3-4-11-39(29)55-52(36)48)17-15-27(43(32)46)25-9-5-10-30(41(25)47)45-33-16-14-28-26-13-12-23-6-1-2-7-24(23)40(26)31-18-19-35(44(33)42(28)31)50(49(37)45)51(38)54/h1-22H. The summed E-state index contributed by atoms with van der Waals surface area (Å²) >= 11 is 16.7. The molecule has 0 saturated heterocycles. The molecule has 2 aliphatic carbocycles. The fourth-order valence-electron chi connectivity index (χ4n) is 11.4. The van der Waals surface area contributed by atoms with E-state index < -0.39 is 0 Å². The minimum atomic E-state index is 0.592. The van der Waals surface area contributed by atoms with Gasteiger partial charge in [-0.2, -0.15) is 0 Å². The van der Waals surface area contributed by atoms with Crippen molar-refractivity contribution in [2.75, 3.05) is 0 Å². The van der Waals surface area contributed by atoms with Crippen LogP contribution < -0.4 is 0 Å². The quantitative estimate of drug-likeness (QED) is 0.107. The molecule has 1 aromatic heterocycles. The molecule has 250 valence electrons. The van der Waals surface area contributed by atoms with Gasteiger partial charge in [-0.15, -0.1) is 11.3 Å². The zero-order chi connectivity index (χ0) is 35.6. The van der Waals surface area contributed by atoms with Crippen molar-refractivity contribution in [2.24, 2.45) is 0 Å². The second kappa shape index (κ2) is 9.28. The van der Waals surface area contributed by atoms with Gasteiger partial charge in [0, 0.05) is 36.9 Å². The number of rotatable bonds is 0. The van der Waals surface area contributed by atoms with Crippen molar-refractivity contribution in [1.29, 1.82) is 0 Å². The molecule has 0 unspecified atom stereocenters. The third-order valence-electron chi connectivity index (χ3n) is 13.3. The Bertz CT molecular complexity index is 4020. The molecule has 2 aliphatic rings. The Morgan fingerprint density at radius 3 is 1.75 bits per heavy atom. The molecule has 15 rings (SSSR count). The summed E-state index contributed by atoms with van der Waals surface area (Å²) in [7, 11) is 0. The number of thiophene rings is 1. The van der Waals surface area contributed by atoms with Crippen LogP contribution in [-0.4, -0.2) is 0 Å². The average Bonchev–Trinajstić information content (AvgIpc) is 3.88. The molecule has 0 spiro atoms. The zero-order valence-corrected chi connectivity index (χ0v) is 31.2. The topological polar surface area (TPSA) is 0 Å². The van der Waals surface area contributed by atoms with Gasteiger partial charge in [-0.1, -0.05) is 145 Å². The number of benzene rings is 12. The molecular formula is C52H22Cl2S. The first-order chi connectivity index (χ1) is 27.2. The minimum absolute atomic E-state index is 0.592. The van der Waals surface area contributed by atoms with Crippen molar-refractivity contribution in [1.82, 2.24) is 0 Å². The molecule has 12 aromatic carbocycles. The Morgan fingerprint density at radius 1 is 0.327 bits per heavy atom. The van der Waals surface area contributed by atoms with Crippen LogP contribution in [-0.2, 0) is 0 Å². The van der Waals surface area contributed by atoms with Gasteiger partial charge in [0.1, 0.15) is 0 Å². The van der Waals surface area contributed by atoms with Crippen molar-refractivity contribution < 1.29 is 0 Å². The fraction of sp³-hybridized carbons (Fsp3) is 0. The lowest BCUT2D eigenvalue weighted by Gasteiger charge is -2.23. The Labute approximate surface area is 327 Å². The van der Waals surface area contributed by atoms with Gasteiger partial charge in [-0.3, -0.25) is 0 Å². The molecule has 0 atom stereocenters. The molecule has 0 radical (unpaired) electrons. The maximum atomic E-state index is 7.45. The van der Waals surface area contributed by atoms with E-state index >= 15 is 0 Å². The summed E-state index contributed by atoms with van der Waals surface area (Å²) in [6, 6.07) is 50.2. The highest BCUT2D eigenvalue weighted by atomic mass is 35.5. The summed E-state index contributed by atoms with van der Waals surface area (Å²) in [5.41, 5.74) is 9.27. The van der Waals surface area contributed by atoms with Crippen molar-refractivity contribution >= 4 is 142 Å². The Hall–Kier alpha value is -5.96. The van der Waals surface area contributed by atoms with Crippen molar-refractivity contribution in [3.63, 3.8) is 0 Å². The number of hydrogen-bond acceptors (Lipinski definition) is 1. The summed E-state index contributed by atoms with van der Waals surface area (Å²) in [5, 5.41) is 25.2. The molecule has 0 saturated carbocycles. The van der Waals surface area contributed by atoms with Crippen molar-refractivity contribution in [3.05, 3.63) is 144 Å². The van der Waals surface area contributed by atoms with Crippen LogP contribution >= 0.6 is 34.5 Å². The van der Waals surface area contributed by atoms with Crippen LogP contribution in [0.25, 0.3) is 151 Å². The summed E-state index contributed by atoms with van der Waals surface area (Å²) in [5.74, 6) is 0. The van der Waals surface area contributed by atoms with E-state index in [1.54, 1.807) is 0 Å². The molecule has 0 amide bonds. The van der Waals surface area contributed by atoms with E-state index in [2.05, 4.69) is 133 Å². The summed E-state index contributed by atoms with van der Waals surface area (Å²) in [6.07, 6.45) is 0. The van der Waals surface area contributed by atoms with Gasteiger partial charge < -0.3 is 0 Å². The lowest BCUT2D eigenvalue weighted by molar-refractivity contribution is 1.73. The third kappa shape index (κ3) is 3.04. The van der Waals surface area contributed by atoms with Crippen molar-refractivity contribution in [3.8, 4) is 43.8 Å². The van der Waals surface area contributed by atoms with Gasteiger partial charge in [0.25, 0.3) is 0 Å². The normalized spacial score (nSPS) is 13.3. The van der Waals surface area contributed by atoms with E-state index in [0.29, 0.717) is 10.0 Å². The van der Waals surface area contributed by atoms with Gasteiger partial charge in [0.2, 0.25) is 0 Å². The molecule has 0 aliphatic heterocycles. The number of fused-ring (bicyclic) bond motifs is 16. The number of halogens is 2. The van der Waals surface area contributed by atoms with Crippen LogP contribution in [0.2, 0.25) is 10.0 Å². The van der Waals surface area contributed by atoms with Gasteiger partial charge in [0.05, 0.1) is 10.0 Å². The van der Waals surface area contributed by atoms with Gasteiger partial charge in [0.15, 0.2) is 0 Å². The van der Waals surface area contributed by atoms with E-state index in [4.69, 9.17) is 23.2 Å². The first-order valence-electron chi connectivity index (χ1n) is 18.8. The summed E-state index contributed by atoms with van der Waals surface area (Å²) in [4.78, 5) is 1.38. The van der Waals surface area contributed by atoms with E-state index in [-0.39, 0.29) is 0 Å². The van der Waals surface area contributed by atoms with Crippen LogP contribution in [0.15, 0.2) is 133 Å². The predicted octanol–water partition coefficient (Wildman–Crippen LogP) is 16.8.